The lowest BCUT2D eigenvalue weighted by molar-refractivity contribution is -0.123. The summed E-state index contributed by atoms with van der Waals surface area (Å²) >= 11 is 0. The summed E-state index contributed by atoms with van der Waals surface area (Å²) in [6.07, 6.45) is 6.81. The molecule has 1 amide bonds. The van der Waals surface area contributed by atoms with Gasteiger partial charge in [-0.1, -0.05) is 38.0 Å². The molecule has 2 aliphatic rings. The summed E-state index contributed by atoms with van der Waals surface area (Å²) in [5.41, 5.74) is 2.44. The third-order valence-electron chi connectivity index (χ3n) is 4.81. The fraction of sp³-hybridized carbons (Fsp3) is 0.588. The molecule has 20 heavy (non-hydrogen) atoms. The number of benzene rings is 1. The third-order valence-corrected chi connectivity index (χ3v) is 4.81. The molecule has 0 aromatic heterocycles. The lowest BCUT2D eigenvalue weighted by Crippen LogP contribution is -2.48. The molecule has 1 heterocycles. The molecule has 1 aliphatic carbocycles. The highest BCUT2D eigenvalue weighted by atomic mass is 16.2. The lowest BCUT2D eigenvalue weighted by atomic mass is 9.85. The molecule has 1 aromatic carbocycles. The van der Waals surface area contributed by atoms with Crippen molar-refractivity contribution in [2.24, 2.45) is 5.92 Å². The smallest absolute Gasteiger partial charge is 0.242 e. The first-order chi connectivity index (χ1) is 9.74. The van der Waals surface area contributed by atoms with Crippen molar-refractivity contribution >= 4 is 11.6 Å². The largest absolute Gasteiger partial charge is 0.373 e. The minimum atomic E-state index is -0.0703. The van der Waals surface area contributed by atoms with Crippen molar-refractivity contribution in [1.82, 2.24) is 5.32 Å². The fourth-order valence-corrected chi connectivity index (χ4v) is 3.45. The normalized spacial score (nSPS) is 29.1. The molecule has 108 valence electrons. The van der Waals surface area contributed by atoms with Crippen molar-refractivity contribution in [2.75, 3.05) is 5.32 Å². The standard InChI is InChI=1S/C17H24N2O/c1-12-6-2-4-8-14(12)19-17(20)16-11-10-13-7-3-5-9-15(13)18-16/h3,5,7,9,12,14,16,18H,2,4,6,8,10-11H2,1H3,(H,19,20). The van der Waals surface area contributed by atoms with Crippen LogP contribution in [-0.4, -0.2) is 18.0 Å². The molecule has 3 atom stereocenters. The molecule has 3 heteroatoms. The molecule has 0 saturated heterocycles. The van der Waals surface area contributed by atoms with Gasteiger partial charge in [0.25, 0.3) is 0 Å². The second-order valence-electron chi connectivity index (χ2n) is 6.27. The van der Waals surface area contributed by atoms with Gasteiger partial charge >= 0.3 is 0 Å². The van der Waals surface area contributed by atoms with Crippen molar-refractivity contribution in [3.63, 3.8) is 0 Å². The average Bonchev–Trinajstić information content (AvgIpc) is 2.49. The SMILES string of the molecule is CC1CCCCC1NC(=O)C1CCc2ccccc2N1. The van der Waals surface area contributed by atoms with E-state index in [1.54, 1.807) is 0 Å². The summed E-state index contributed by atoms with van der Waals surface area (Å²) in [6, 6.07) is 8.59. The van der Waals surface area contributed by atoms with E-state index in [9.17, 15) is 4.79 Å². The van der Waals surface area contributed by atoms with Gasteiger partial charge in [0, 0.05) is 11.7 Å². The predicted octanol–water partition coefficient (Wildman–Crippen LogP) is 3.11. The molecule has 0 bridgehead atoms. The van der Waals surface area contributed by atoms with Gasteiger partial charge in [-0.15, -0.1) is 0 Å². The van der Waals surface area contributed by atoms with E-state index >= 15 is 0 Å². The molecule has 0 spiro atoms. The minimum absolute atomic E-state index is 0.0703. The average molecular weight is 272 g/mol. The molecule has 1 fully saturated rings. The van der Waals surface area contributed by atoms with E-state index in [0.717, 1.165) is 24.9 Å². The van der Waals surface area contributed by atoms with Gasteiger partial charge in [0.05, 0.1) is 0 Å². The molecule has 2 N–H and O–H groups in total. The van der Waals surface area contributed by atoms with Crippen LogP contribution in [0.25, 0.3) is 0 Å². The van der Waals surface area contributed by atoms with Gasteiger partial charge in [-0.05, 0) is 43.2 Å². The number of nitrogens with one attached hydrogen (secondary N) is 2. The van der Waals surface area contributed by atoms with Gasteiger partial charge in [-0.3, -0.25) is 4.79 Å². The number of anilines is 1. The van der Waals surface area contributed by atoms with Crippen molar-refractivity contribution < 1.29 is 4.79 Å². The van der Waals surface area contributed by atoms with Crippen LogP contribution >= 0.6 is 0 Å². The van der Waals surface area contributed by atoms with Crippen LogP contribution in [0.1, 0.15) is 44.6 Å². The van der Waals surface area contributed by atoms with Crippen molar-refractivity contribution in [2.45, 2.75) is 57.5 Å². The zero-order valence-corrected chi connectivity index (χ0v) is 12.2. The van der Waals surface area contributed by atoms with Crippen LogP contribution in [0.2, 0.25) is 0 Å². The first-order valence-electron chi connectivity index (χ1n) is 7.89. The van der Waals surface area contributed by atoms with Crippen molar-refractivity contribution in [3.8, 4) is 0 Å². The van der Waals surface area contributed by atoms with E-state index in [0.29, 0.717) is 12.0 Å². The highest BCUT2D eigenvalue weighted by molar-refractivity contribution is 5.85. The van der Waals surface area contributed by atoms with E-state index in [2.05, 4.69) is 35.8 Å². The second kappa shape index (κ2) is 5.86. The Labute approximate surface area is 121 Å². The van der Waals surface area contributed by atoms with E-state index in [4.69, 9.17) is 0 Å². The maximum atomic E-state index is 12.4. The van der Waals surface area contributed by atoms with Gasteiger partial charge in [0.15, 0.2) is 0 Å². The molecular weight excluding hydrogens is 248 g/mol. The monoisotopic (exact) mass is 272 g/mol. The molecule has 0 radical (unpaired) electrons. The fourth-order valence-electron chi connectivity index (χ4n) is 3.45. The minimum Gasteiger partial charge on any atom is -0.373 e. The summed E-state index contributed by atoms with van der Waals surface area (Å²) in [4.78, 5) is 12.4. The Morgan fingerprint density at radius 3 is 2.85 bits per heavy atom. The number of para-hydroxylation sites is 1. The number of fused-ring (bicyclic) bond motifs is 1. The van der Waals surface area contributed by atoms with Gasteiger partial charge in [0.2, 0.25) is 5.91 Å². The molecule has 1 saturated carbocycles. The number of rotatable bonds is 2. The summed E-state index contributed by atoms with van der Waals surface area (Å²) in [7, 11) is 0. The Morgan fingerprint density at radius 2 is 2.00 bits per heavy atom. The van der Waals surface area contributed by atoms with Crippen LogP contribution < -0.4 is 10.6 Å². The van der Waals surface area contributed by atoms with E-state index in [1.165, 1.54) is 24.8 Å². The predicted molar refractivity (Wildman–Crippen MR) is 81.7 cm³/mol. The van der Waals surface area contributed by atoms with Gasteiger partial charge in [-0.25, -0.2) is 0 Å². The van der Waals surface area contributed by atoms with Crippen LogP contribution in [0.5, 0.6) is 0 Å². The number of aryl methyl sites for hydroxylation is 1. The Balaban J connectivity index is 1.61. The number of hydrogen-bond donors (Lipinski definition) is 2. The molecule has 1 aromatic rings. The topological polar surface area (TPSA) is 41.1 Å². The summed E-state index contributed by atoms with van der Waals surface area (Å²) in [6.45, 7) is 2.26. The zero-order chi connectivity index (χ0) is 13.9. The number of carbonyl (C=O) groups is 1. The Kier molecular flexibility index (Phi) is 3.95. The first kappa shape index (κ1) is 13.5. The molecule has 3 nitrogen and oxygen atoms in total. The van der Waals surface area contributed by atoms with E-state index in [1.807, 2.05) is 6.07 Å². The van der Waals surface area contributed by atoms with Crippen LogP contribution in [0, 0.1) is 5.92 Å². The molecule has 1 aliphatic heterocycles. The molecular formula is C17H24N2O. The Bertz CT molecular complexity index is 486. The van der Waals surface area contributed by atoms with Gasteiger partial charge < -0.3 is 10.6 Å². The van der Waals surface area contributed by atoms with E-state index < -0.39 is 0 Å². The number of amides is 1. The Morgan fingerprint density at radius 1 is 1.20 bits per heavy atom. The lowest BCUT2D eigenvalue weighted by Gasteiger charge is -2.32. The Hall–Kier alpha value is -1.51. The van der Waals surface area contributed by atoms with E-state index in [-0.39, 0.29) is 11.9 Å². The molecule has 3 unspecified atom stereocenters. The summed E-state index contributed by atoms with van der Waals surface area (Å²) in [5, 5.41) is 6.66. The quantitative estimate of drug-likeness (QED) is 0.868. The van der Waals surface area contributed by atoms with Crippen LogP contribution in [-0.2, 0) is 11.2 Å². The van der Waals surface area contributed by atoms with Crippen LogP contribution in [0.15, 0.2) is 24.3 Å². The van der Waals surface area contributed by atoms with Crippen molar-refractivity contribution in [1.29, 1.82) is 0 Å². The van der Waals surface area contributed by atoms with Crippen LogP contribution in [0.3, 0.4) is 0 Å². The van der Waals surface area contributed by atoms with Crippen molar-refractivity contribution in [3.05, 3.63) is 29.8 Å². The summed E-state index contributed by atoms with van der Waals surface area (Å²) < 4.78 is 0. The highest BCUT2D eigenvalue weighted by Crippen LogP contribution is 2.26. The number of hydrogen-bond acceptors (Lipinski definition) is 2. The first-order valence-corrected chi connectivity index (χ1v) is 7.89. The zero-order valence-electron chi connectivity index (χ0n) is 12.2. The number of carbonyl (C=O) groups excluding carboxylic acids is 1. The van der Waals surface area contributed by atoms with Gasteiger partial charge in [-0.2, -0.15) is 0 Å². The second-order valence-corrected chi connectivity index (χ2v) is 6.27. The van der Waals surface area contributed by atoms with Gasteiger partial charge in [0.1, 0.15) is 6.04 Å². The third kappa shape index (κ3) is 2.82. The van der Waals surface area contributed by atoms with Crippen LogP contribution in [0.4, 0.5) is 5.69 Å². The highest BCUT2D eigenvalue weighted by Gasteiger charge is 2.28. The summed E-state index contributed by atoms with van der Waals surface area (Å²) in [5.74, 6) is 0.793. The maximum absolute atomic E-state index is 12.4. The molecule has 3 rings (SSSR count). The maximum Gasteiger partial charge on any atom is 0.242 e.